The molecule has 2 heterocycles. The van der Waals surface area contributed by atoms with Crippen molar-refractivity contribution in [3.63, 3.8) is 0 Å². The fourth-order valence-corrected chi connectivity index (χ4v) is 4.88. The molecule has 1 unspecified atom stereocenters. The van der Waals surface area contributed by atoms with Crippen molar-refractivity contribution in [1.29, 1.82) is 0 Å². The van der Waals surface area contributed by atoms with Gasteiger partial charge in [-0.05, 0) is 30.7 Å². The second-order valence-electron chi connectivity index (χ2n) is 6.18. The van der Waals surface area contributed by atoms with Gasteiger partial charge >= 0.3 is 0 Å². The molecule has 0 amide bonds. The standard InChI is InChI=1S/C16H26N2S/c1-2-14(15-7-6-12-19-15)18-11-10-17-16(13-18)8-4-3-5-9-16/h6-7,12,14,17H,2-5,8-11,13H2,1H3. The fraction of sp³-hybridized carbons (Fsp3) is 0.750. The number of nitrogens with zero attached hydrogens (tertiary/aromatic N) is 1. The quantitative estimate of drug-likeness (QED) is 0.904. The summed E-state index contributed by atoms with van der Waals surface area (Å²) in [5.74, 6) is 0. The Kier molecular flexibility index (Phi) is 4.25. The molecule has 3 rings (SSSR count). The molecular formula is C16H26N2S. The molecule has 106 valence electrons. The van der Waals surface area contributed by atoms with Crippen molar-refractivity contribution in [1.82, 2.24) is 10.2 Å². The van der Waals surface area contributed by atoms with Gasteiger partial charge in [0.15, 0.2) is 0 Å². The summed E-state index contributed by atoms with van der Waals surface area (Å²) < 4.78 is 0. The predicted octanol–water partition coefficient (Wildman–Crippen LogP) is 3.81. The predicted molar refractivity (Wildman–Crippen MR) is 82.7 cm³/mol. The minimum Gasteiger partial charge on any atom is -0.309 e. The number of hydrogen-bond acceptors (Lipinski definition) is 3. The maximum absolute atomic E-state index is 3.85. The maximum Gasteiger partial charge on any atom is 0.0440 e. The number of rotatable bonds is 3. The molecule has 19 heavy (non-hydrogen) atoms. The van der Waals surface area contributed by atoms with Crippen molar-refractivity contribution in [3.05, 3.63) is 22.4 Å². The fourth-order valence-electron chi connectivity index (χ4n) is 3.94. The molecule has 1 aliphatic heterocycles. The normalized spacial score (nSPS) is 25.5. The van der Waals surface area contributed by atoms with Crippen LogP contribution in [0, 0.1) is 0 Å². The lowest BCUT2D eigenvalue weighted by molar-refractivity contribution is 0.0669. The first kappa shape index (κ1) is 13.6. The molecule has 1 aromatic heterocycles. The molecule has 1 aromatic rings. The minimum atomic E-state index is 0.432. The van der Waals surface area contributed by atoms with Gasteiger partial charge in [0, 0.05) is 36.1 Å². The first-order chi connectivity index (χ1) is 9.33. The van der Waals surface area contributed by atoms with Crippen molar-refractivity contribution in [3.8, 4) is 0 Å². The summed E-state index contributed by atoms with van der Waals surface area (Å²) >= 11 is 1.92. The Bertz CT molecular complexity index is 376. The van der Waals surface area contributed by atoms with Crippen LogP contribution in [0.1, 0.15) is 56.4 Å². The van der Waals surface area contributed by atoms with Gasteiger partial charge in [-0.25, -0.2) is 0 Å². The second kappa shape index (κ2) is 5.94. The average Bonchev–Trinajstić information content (AvgIpc) is 2.95. The molecule has 2 aliphatic rings. The van der Waals surface area contributed by atoms with Gasteiger partial charge in [-0.15, -0.1) is 11.3 Å². The van der Waals surface area contributed by atoms with Crippen LogP contribution < -0.4 is 5.32 Å². The van der Waals surface area contributed by atoms with E-state index in [1.54, 1.807) is 4.88 Å². The van der Waals surface area contributed by atoms with E-state index in [2.05, 4.69) is 34.7 Å². The van der Waals surface area contributed by atoms with Crippen molar-refractivity contribution >= 4 is 11.3 Å². The van der Waals surface area contributed by atoms with Crippen LogP contribution in [-0.2, 0) is 0 Å². The second-order valence-corrected chi connectivity index (χ2v) is 7.16. The highest BCUT2D eigenvalue weighted by molar-refractivity contribution is 7.10. The van der Waals surface area contributed by atoms with E-state index in [1.165, 1.54) is 58.2 Å². The van der Waals surface area contributed by atoms with Crippen LogP contribution in [-0.4, -0.2) is 30.1 Å². The maximum atomic E-state index is 3.85. The summed E-state index contributed by atoms with van der Waals surface area (Å²) in [6.45, 7) is 5.96. The Morgan fingerprint density at radius 2 is 2.21 bits per heavy atom. The number of thiophene rings is 1. The van der Waals surface area contributed by atoms with Crippen molar-refractivity contribution in [2.75, 3.05) is 19.6 Å². The topological polar surface area (TPSA) is 15.3 Å². The van der Waals surface area contributed by atoms with E-state index in [-0.39, 0.29) is 0 Å². The minimum absolute atomic E-state index is 0.432. The molecule has 1 atom stereocenters. The zero-order valence-corrected chi connectivity index (χ0v) is 12.8. The van der Waals surface area contributed by atoms with Gasteiger partial charge in [0.1, 0.15) is 0 Å². The monoisotopic (exact) mass is 278 g/mol. The molecule has 1 saturated heterocycles. The Labute approximate surface area is 121 Å². The lowest BCUT2D eigenvalue weighted by atomic mass is 9.80. The third kappa shape index (κ3) is 2.88. The van der Waals surface area contributed by atoms with Crippen molar-refractivity contribution in [2.24, 2.45) is 0 Å². The van der Waals surface area contributed by atoms with Crippen LogP contribution in [0.3, 0.4) is 0 Å². The van der Waals surface area contributed by atoms with Crippen molar-refractivity contribution in [2.45, 2.75) is 57.0 Å². The van der Waals surface area contributed by atoms with Crippen LogP contribution in [0.25, 0.3) is 0 Å². The van der Waals surface area contributed by atoms with E-state index in [4.69, 9.17) is 0 Å². The van der Waals surface area contributed by atoms with Gasteiger partial charge < -0.3 is 5.32 Å². The van der Waals surface area contributed by atoms with Crippen LogP contribution in [0.5, 0.6) is 0 Å². The van der Waals surface area contributed by atoms with E-state index in [0.29, 0.717) is 11.6 Å². The molecule has 1 N–H and O–H groups in total. The van der Waals surface area contributed by atoms with Crippen LogP contribution in [0.15, 0.2) is 17.5 Å². The Balaban J connectivity index is 1.73. The smallest absolute Gasteiger partial charge is 0.0440 e. The average molecular weight is 278 g/mol. The molecule has 3 heteroatoms. The van der Waals surface area contributed by atoms with Crippen molar-refractivity contribution < 1.29 is 0 Å². The Hall–Kier alpha value is -0.380. The lowest BCUT2D eigenvalue weighted by Gasteiger charge is -2.48. The number of hydrogen-bond donors (Lipinski definition) is 1. The van der Waals surface area contributed by atoms with Gasteiger partial charge in [0.05, 0.1) is 0 Å². The van der Waals surface area contributed by atoms with Gasteiger partial charge in [-0.1, -0.05) is 32.3 Å². The lowest BCUT2D eigenvalue weighted by Crippen LogP contribution is -2.61. The van der Waals surface area contributed by atoms with E-state index < -0.39 is 0 Å². The highest BCUT2D eigenvalue weighted by Gasteiger charge is 2.38. The highest BCUT2D eigenvalue weighted by atomic mass is 32.1. The highest BCUT2D eigenvalue weighted by Crippen LogP contribution is 2.35. The SMILES string of the molecule is CCC(c1cccs1)N1CCNC2(CCCCC2)C1. The molecule has 1 spiro atoms. The summed E-state index contributed by atoms with van der Waals surface area (Å²) in [6.07, 6.45) is 8.25. The summed E-state index contributed by atoms with van der Waals surface area (Å²) in [6, 6.07) is 5.15. The van der Waals surface area contributed by atoms with E-state index in [1.807, 2.05) is 11.3 Å². The zero-order chi connectivity index (χ0) is 13.1. The van der Waals surface area contributed by atoms with E-state index in [0.717, 1.165) is 0 Å². The number of piperazine rings is 1. The van der Waals surface area contributed by atoms with Gasteiger partial charge in [-0.2, -0.15) is 0 Å². The third-order valence-corrected chi connectivity index (χ3v) is 5.89. The summed E-state index contributed by atoms with van der Waals surface area (Å²) in [4.78, 5) is 4.29. The molecule has 2 fully saturated rings. The molecule has 0 radical (unpaired) electrons. The first-order valence-corrected chi connectivity index (χ1v) is 8.73. The van der Waals surface area contributed by atoms with Crippen LogP contribution in [0.4, 0.5) is 0 Å². The molecule has 1 aliphatic carbocycles. The van der Waals surface area contributed by atoms with Gasteiger partial charge in [0.2, 0.25) is 0 Å². The Morgan fingerprint density at radius 1 is 1.37 bits per heavy atom. The zero-order valence-electron chi connectivity index (χ0n) is 12.0. The Morgan fingerprint density at radius 3 is 2.89 bits per heavy atom. The van der Waals surface area contributed by atoms with Crippen LogP contribution >= 0.6 is 11.3 Å². The van der Waals surface area contributed by atoms with Gasteiger partial charge in [0.25, 0.3) is 0 Å². The molecule has 0 bridgehead atoms. The van der Waals surface area contributed by atoms with Gasteiger partial charge in [-0.3, -0.25) is 4.90 Å². The van der Waals surface area contributed by atoms with E-state index >= 15 is 0 Å². The molecule has 2 nitrogen and oxygen atoms in total. The summed E-state index contributed by atoms with van der Waals surface area (Å²) in [5.41, 5.74) is 0.432. The van der Waals surface area contributed by atoms with Crippen LogP contribution in [0.2, 0.25) is 0 Å². The molecule has 0 aromatic carbocycles. The molecule has 1 saturated carbocycles. The first-order valence-electron chi connectivity index (χ1n) is 7.85. The summed E-state index contributed by atoms with van der Waals surface area (Å²) in [7, 11) is 0. The third-order valence-electron chi connectivity index (χ3n) is 4.91. The van der Waals surface area contributed by atoms with E-state index in [9.17, 15) is 0 Å². The summed E-state index contributed by atoms with van der Waals surface area (Å²) in [5, 5.41) is 6.07. The number of nitrogens with one attached hydrogen (secondary N) is 1. The largest absolute Gasteiger partial charge is 0.309 e. The molecular weight excluding hydrogens is 252 g/mol.